The maximum Gasteiger partial charge on any atom is 0.303 e. The minimum atomic E-state index is -0.931. The van der Waals surface area contributed by atoms with Gasteiger partial charge in [0.1, 0.15) is 0 Å². The largest absolute Gasteiger partial charge is 0.481 e. The van der Waals surface area contributed by atoms with E-state index in [0.29, 0.717) is 45.6 Å². The molecule has 17 nitrogen and oxygen atoms in total. The summed E-state index contributed by atoms with van der Waals surface area (Å²) in [6.45, 7) is 20.1. The Bertz CT molecular complexity index is 3930. The summed E-state index contributed by atoms with van der Waals surface area (Å²) in [4.78, 5) is 82.7. The van der Waals surface area contributed by atoms with Gasteiger partial charge in [0, 0.05) is 80.9 Å². The third-order valence-electron chi connectivity index (χ3n) is 16.3. The number of aryl methyl sites for hydroxylation is 4. The van der Waals surface area contributed by atoms with Crippen LogP contribution in [0.3, 0.4) is 0 Å². The van der Waals surface area contributed by atoms with E-state index in [2.05, 4.69) is 58.0 Å². The smallest absolute Gasteiger partial charge is 0.303 e. The molecule has 0 fully saturated rings. The number of carbonyl (C=O) groups is 4. The molecule has 0 saturated heterocycles. The molecular formula is C64H66N8O9. The molecule has 81 heavy (non-hydrogen) atoms. The van der Waals surface area contributed by atoms with E-state index in [9.17, 15) is 39.6 Å². The molecule has 6 aromatic heterocycles. The molecule has 2 atom stereocenters. The van der Waals surface area contributed by atoms with Gasteiger partial charge < -0.3 is 45.1 Å². The maximum absolute atomic E-state index is 12.0. The number of aromatic amines is 4. The summed E-state index contributed by atoms with van der Waals surface area (Å²) in [6.07, 6.45) is -0.341. The highest BCUT2D eigenvalue weighted by Crippen LogP contribution is 2.42. The number of hydrogen-bond donors (Lipinski definition) is 8. The van der Waals surface area contributed by atoms with Gasteiger partial charge in [-0.05, 0) is 222 Å². The van der Waals surface area contributed by atoms with Crippen LogP contribution in [-0.2, 0) is 23.9 Å². The number of nitrogens with one attached hydrogen (secondary N) is 4. The Hall–Kier alpha value is -8.96. The summed E-state index contributed by atoms with van der Waals surface area (Å²) in [5.74, 6) is -3.70. The van der Waals surface area contributed by atoms with Crippen molar-refractivity contribution in [1.29, 1.82) is 0 Å². The van der Waals surface area contributed by atoms with Crippen molar-refractivity contribution in [3.8, 4) is 0 Å². The van der Waals surface area contributed by atoms with E-state index in [4.69, 9.17) is 24.7 Å². The lowest BCUT2D eigenvalue weighted by atomic mass is 9.98. The Labute approximate surface area is 467 Å². The zero-order valence-electron chi connectivity index (χ0n) is 47.2. The second-order valence-electron chi connectivity index (χ2n) is 21.7. The third-order valence-corrected chi connectivity index (χ3v) is 16.3. The maximum atomic E-state index is 12.0. The molecule has 0 spiro atoms. The number of hydrogen-bond acceptors (Lipinski definition) is 9. The van der Waals surface area contributed by atoms with Gasteiger partial charge in [-0.2, -0.15) is 0 Å². The first-order valence-electron chi connectivity index (χ1n) is 27.3. The number of ether oxygens (including phenoxy) is 1. The molecule has 0 amide bonds. The van der Waals surface area contributed by atoms with E-state index >= 15 is 0 Å². The molecule has 10 rings (SSSR count). The molecule has 2 unspecified atom stereocenters. The number of fused-ring (bicyclic) bond motifs is 16. The minimum Gasteiger partial charge on any atom is -0.481 e. The zero-order chi connectivity index (χ0) is 57.9. The summed E-state index contributed by atoms with van der Waals surface area (Å²) >= 11 is 0. The van der Waals surface area contributed by atoms with Gasteiger partial charge in [0.05, 0.1) is 57.8 Å². The molecule has 16 bridgehead atoms. The van der Waals surface area contributed by atoms with E-state index in [0.717, 1.165) is 122 Å². The molecule has 416 valence electrons. The summed E-state index contributed by atoms with van der Waals surface area (Å²) < 4.78 is 7.24. The average Bonchev–Trinajstić information content (AvgIpc) is 4.49. The lowest BCUT2D eigenvalue weighted by Gasteiger charge is -2.20. The minimum absolute atomic E-state index is 0.0800. The Morgan fingerprint density at radius 3 is 0.975 bits per heavy atom. The first-order valence-corrected chi connectivity index (χ1v) is 27.3. The molecule has 8 N–H and O–H groups in total. The van der Waals surface area contributed by atoms with Gasteiger partial charge in [0.25, 0.3) is 0 Å². The highest BCUT2D eigenvalue weighted by Gasteiger charge is 2.27. The fourth-order valence-corrected chi connectivity index (χ4v) is 11.8. The Balaban J connectivity index is 1.14. The molecule has 0 radical (unpaired) electrons. The van der Waals surface area contributed by atoms with Crippen molar-refractivity contribution in [3.05, 3.63) is 140 Å². The molecule has 10 heterocycles. The van der Waals surface area contributed by atoms with Gasteiger partial charge in [-0.25, -0.2) is 19.9 Å². The van der Waals surface area contributed by atoms with Crippen LogP contribution in [0.5, 0.6) is 0 Å². The van der Waals surface area contributed by atoms with Crippen molar-refractivity contribution in [1.82, 2.24) is 39.9 Å². The van der Waals surface area contributed by atoms with E-state index in [1.165, 1.54) is 0 Å². The van der Waals surface area contributed by atoms with Crippen molar-refractivity contribution in [2.24, 2.45) is 0 Å². The van der Waals surface area contributed by atoms with Crippen LogP contribution in [0.1, 0.15) is 184 Å². The Kier molecular flexibility index (Phi) is 15.0. The molecule has 0 aromatic carbocycles. The van der Waals surface area contributed by atoms with Gasteiger partial charge >= 0.3 is 23.9 Å². The van der Waals surface area contributed by atoms with Crippen LogP contribution in [0.2, 0.25) is 0 Å². The molecular weight excluding hydrogens is 1020 g/mol. The molecule has 17 heteroatoms. The number of carboxylic acid groups (broad SMARTS) is 4. The molecule has 6 aromatic rings. The SMILES string of the molecule is CC1=C(CCC(=O)O)c2cc3nc(cc4[nH]c(cc5[nH]c(cc1n2)cc5C)c(C(C)OC(C)c1c(C)c2cc5nc(cc6nc(cc7cc(C)c(cc1[nH]2)[nH]7)C(C)=C6CCC(=O)O)C(CCC(=O)O)=C5C)c4C)C(C)=C3CCC(=O)O. The van der Waals surface area contributed by atoms with Crippen molar-refractivity contribution in [2.45, 2.75) is 133 Å². The fourth-order valence-electron chi connectivity index (χ4n) is 11.8. The lowest BCUT2D eigenvalue weighted by Crippen LogP contribution is -2.06. The third kappa shape index (κ3) is 11.1. The van der Waals surface area contributed by atoms with Crippen molar-refractivity contribution < 1.29 is 44.3 Å². The highest BCUT2D eigenvalue weighted by molar-refractivity contribution is 5.98. The summed E-state index contributed by atoms with van der Waals surface area (Å²) in [6, 6.07) is 19.9. The van der Waals surface area contributed by atoms with E-state index in [-0.39, 0.29) is 51.4 Å². The van der Waals surface area contributed by atoms with Gasteiger partial charge in [-0.3, -0.25) is 19.2 Å². The van der Waals surface area contributed by atoms with Crippen LogP contribution in [0.4, 0.5) is 0 Å². The van der Waals surface area contributed by atoms with E-state index < -0.39 is 36.1 Å². The number of rotatable bonds is 16. The summed E-state index contributed by atoms with van der Waals surface area (Å²) in [5, 5.41) is 39.1. The van der Waals surface area contributed by atoms with Crippen LogP contribution in [0, 0.1) is 27.7 Å². The monoisotopic (exact) mass is 1090 g/mol. The Morgan fingerprint density at radius 1 is 0.383 bits per heavy atom. The number of aliphatic carboxylic acids is 4. The van der Waals surface area contributed by atoms with Gasteiger partial charge in [-0.1, -0.05) is 0 Å². The molecule has 0 aliphatic carbocycles. The van der Waals surface area contributed by atoms with Crippen molar-refractivity contribution >= 4 is 113 Å². The quantitative estimate of drug-likeness (QED) is 0.0448. The first kappa shape index (κ1) is 55.4. The summed E-state index contributed by atoms with van der Waals surface area (Å²) in [5.41, 5.74) is 23.9. The fraction of sp³-hybridized carbons (Fsp3) is 0.312. The predicted octanol–water partition coefficient (Wildman–Crippen LogP) is 14.2. The molecule has 4 aliphatic rings. The number of H-pyrrole nitrogens is 4. The van der Waals surface area contributed by atoms with E-state index in [1.807, 2.05) is 91.8 Å². The van der Waals surface area contributed by atoms with Crippen LogP contribution >= 0.6 is 0 Å². The van der Waals surface area contributed by atoms with Crippen molar-refractivity contribution in [3.63, 3.8) is 0 Å². The van der Waals surface area contributed by atoms with Crippen LogP contribution in [0.25, 0.3) is 88.7 Å². The predicted molar refractivity (Wildman–Crippen MR) is 316 cm³/mol. The molecule has 0 saturated carbocycles. The molecule has 4 aliphatic heterocycles. The average molecular weight is 1090 g/mol. The second-order valence-corrected chi connectivity index (χ2v) is 21.7. The van der Waals surface area contributed by atoms with Gasteiger partial charge in [0.2, 0.25) is 0 Å². The topological polar surface area (TPSA) is 273 Å². The standard InChI is InChI=1S/C64H66N8O9/c1-29-19-39-21-47-31(3)41(11-15-59(73)74)53(67-47)27-55-43(13-17-61(77)78)33(5)49(69-55)25-51-35(7)63(57(71-51)23-45(29)65-39)37(9)81-38(10)64-36(8)52-26-50-34(6)44(14-18-62(79)80)56(70-50)28-54-42(12-16-60(75)76)32(4)48(68-54)22-40-20-30(2)46(66-40)24-58(64)72-52/h19-28,37-38,65-66,71-72H,11-18H2,1-10H3,(H,73,74)(H,75,76)(H,77,78)(H,79,80). The number of carboxylic acids is 4. The van der Waals surface area contributed by atoms with Crippen LogP contribution in [-0.4, -0.2) is 84.2 Å². The summed E-state index contributed by atoms with van der Waals surface area (Å²) in [7, 11) is 0. The van der Waals surface area contributed by atoms with Gasteiger partial charge in [-0.15, -0.1) is 0 Å². The second kappa shape index (κ2) is 21.9. The zero-order valence-corrected chi connectivity index (χ0v) is 47.2. The first-order chi connectivity index (χ1) is 38.5. The lowest BCUT2D eigenvalue weighted by molar-refractivity contribution is -0.137. The normalized spacial score (nSPS) is 14.3. The number of nitrogens with zero attached hydrogens (tertiary/aromatic N) is 4. The number of allylic oxidation sites excluding steroid dienone is 8. The van der Waals surface area contributed by atoms with E-state index in [1.54, 1.807) is 0 Å². The number of aromatic nitrogens is 8. The highest BCUT2D eigenvalue weighted by atomic mass is 16.5. The van der Waals surface area contributed by atoms with Crippen LogP contribution in [0.15, 0.2) is 60.7 Å². The van der Waals surface area contributed by atoms with Crippen molar-refractivity contribution in [2.75, 3.05) is 0 Å². The van der Waals surface area contributed by atoms with Crippen LogP contribution < -0.4 is 0 Å². The van der Waals surface area contributed by atoms with Gasteiger partial charge in [0.15, 0.2) is 0 Å². The Morgan fingerprint density at radius 2 is 0.679 bits per heavy atom.